The van der Waals surface area contributed by atoms with Crippen molar-refractivity contribution in [1.29, 1.82) is 0 Å². The highest BCUT2D eigenvalue weighted by molar-refractivity contribution is 7.13. The van der Waals surface area contributed by atoms with Crippen molar-refractivity contribution in [2.24, 2.45) is 0 Å². The topological polar surface area (TPSA) is 59.1 Å². The monoisotopic (exact) mass is 368 g/mol. The molecule has 132 valence electrons. The summed E-state index contributed by atoms with van der Waals surface area (Å²) < 4.78 is 12.8. The van der Waals surface area contributed by atoms with Crippen molar-refractivity contribution < 1.29 is 14.0 Å². The highest BCUT2D eigenvalue weighted by Gasteiger charge is 2.10. The number of thiazole rings is 1. The van der Waals surface area contributed by atoms with Crippen LogP contribution in [0.1, 0.15) is 22.5 Å². The zero-order valence-corrected chi connectivity index (χ0v) is 14.8. The summed E-state index contributed by atoms with van der Waals surface area (Å²) in [4.78, 5) is 28.4. The number of amides is 1. The van der Waals surface area contributed by atoms with E-state index in [-0.39, 0.29) is 24.7 Å². The average molecular weight is 368 g/mol. The number of ketones is 1. The van der Waals surface area contributed by atoms with E-state index in [4.69, 9.17) is 0 Å². The quantitative estimate of drug-likeness (QED) is 0.644. The molecule has 3 rings (SSSR count). The third-order valence-corrected chi connectivity index (χ3v) is 4.73. The number of carbonyl (C=O) groups is 2. The first-order valence-corrected chi connectivity index (χ1v) is 9.05. The number of carbonyl (C=O) groups excluding carboxylic acids is 2. The molecule has 0 aliphatic rings. The van der Waals surface area contributed by atoms with Gasteiger partial charge in [-0.05, 0) is 30.7 Å². The smallest absolute Gasteiger partial charge is 0.220 e. The Morgan fingerprint density at radius 1 is 1.04 bits per heavy atom. The molecular weight excluding hydrogens is 351 g/mol. The summed E-state index contributed by atoms with van der Waals surface area (Å²) in [6.45, 7) is -0.100. The summed E-state index contributed by atoms with van der Waals surface area (Å²) in [6, 6.07) is 15.1. The highest BCUT2D eigenvalue weighted by Crippen LogP contribution is 2.23. The van der Waals surface area contributed by atoms with Crippen molar-refractivity contribution >= 4 is 23.0 Å². The van der Waals surface area contributed by atoms with Crippen molar-refractivity contribution in [1.82, 2.24) is 10.3 Å². The molecule has 2 aromatic carbocycles. The maximum absolute atomic E-state index is 12.8. The molecule has 1 heterocycles. The van der Waals surface area contributed by atoms with Crippen LogP contribution in [0.4, 0.5) is 4.39 Å². The van der Waals surface area contributed by atoms with E-state index in [0.717, 1.165) is 16.3 Å². The van der Waals surface area contributed by atoms with Gasteiger partial charge in [0.1, 0.15) is 10.8 Å². The fourth-order valence-corrected chi connectivity index (χ4v) is 3.24. The molecule has 0 fully saturated rings. The number of aromatic nitrogens is 1. The van der Waals surface area contributed by atoms with E-state index in [9.17, 15) is 14.0 Å². The molecule has 0 aliphatic heterocycles. The number of benzene rings is 2. The zero-order valence-electron chi connectivity index (χ0n) is 13.9. The molecule has 0 saturated heterocycles. The molecule has 6 heteroatoms. The number of halogens is 1. The van der Waals surface area contributed by atoms with Gasteiger partial charge >= 0.3 is 0 Å². The van der Waals surface area contributed by atoms with Crippen LogP contribution in [0.5, 0.6) is 0 Å². The molecule has 4 nitrogen and oxygen atoms in total. The van der Waals surface area contributed by atoms with Crippen LogP contribution in [0.15, 0.2) is 60.0 Å². The Labute approximate surface area is 154 Å². The summed E-state index contributed by atoms with van der Waals surface area (Å²) >= 11 is 1.54. The number of nitrogens with one attached hydrogen (secondary N) is 1. The van der Waals surface area contributed by atoms with Crippen LogP contribution < -0.4 is 5.32 Å². The fourth-order valence-electron chi connectivity index (χ4n) is 2.38. The first-order chi connectivity index (χ1) is 12.6. The predicted molar refractivity (Wildman–Crippen MR) is 99.6 cm³/mol. The standard InChI is InChI=1S/C20H17FN2O2S/c21-16-8-6-14(7-9-16)18(24)12-22-19(25)11-10-17-13-26-20(23-17)15-4-2-1-3-5-15/h1-9,13H,10-12H2,(H,22,25). The second kappa shape index (κ2) is 8.49. The number of Topliss-reactive ketones (excluding diaryl/α,β-unsaturated/α-hetero) is 1. The van der Waals surface area contributed by atoms with Crippen LogP contribution in [0.25, 0.3) is 10.6 Å². The SMILES string of the molecule is O=C(CCc1csc(-c2ccccc2)n1)NCC(=O)c1ccc(F)cc1. The molecule has 0 aliphatic carbocycles. The molecule has 1 N–H and O–H groups in total. The van der Waals surface area contributed by atoms with Crippen LogP contribution in [0.2, 0.25) is 0 Å². The normalized spacial score (nSPS) is 10.5. The molecule has 0 atom stereocenters. The first-order valence-electron chi connectivity index (χ1n) is 8.17. The van der Waals surface area contributed by atoms with E-state index in [1.165, 1.54) is 24.3 Å². The summed E-state index contributed by atoms with van der Waals surface area (Å²) in [7, 11) is 0. The minimum absolute atomic E-state index is 0.100. The average Bonchev–Trinajstić information content (AvgIpc) is 3.15. The van der Waals surface area contributed by atoms with E-state index in [1.54, 1.807) is 11.3 Å². The number of rotatable bonds is 7. The maximum Gasteiger partial charge on any atom is 0.220 e. The van der Waals surface area contributed by atoms with Crippen LogP contribution >= 0.6 is 11.3 Å². The van der Waals surface area contributed by atoms with Gasteiger partial charge in [0.05, 0.1) is 12.2 Å². The van der Waals surface area contributed by atoms with Crippen molar-refractivity contribution in [3.63, 3.8) is 0 Å². The Balaban J connectivity index is 1.46. The molecule has 0 radical (unpaired) electrons. The van der Waals surface area contributed by atoms with E-state index >= 15 is 0 Å². The lowest BCUT2D eigenvalue weighted by Crippen LogP contribution is -2.29. The lowest BCUT2D eigenvalue weighted by atomic mass is 10.1. The summed E-state index contributed by atoms with van der Waals surface area (Å²) in [6.07, 6.45) is 0.772. The van der Waals surface area contributed by atoms with Gasteiger partial charge in [0.2, 0.25) is 5.91 Å². The number of nitrogens with zero attached hydrogens (tertiary/aromatic N) is 1. The van der Waals surface area contributed by atoms with Crippen molar-refractivity contribution in [2.75, 3.05) is 6.54 Å². The second-order valence-electron chi connectivity index (χ2n) is 5.72. The van der Waals surface area contributed by atoms with Crippen LogP contribution in [-0.4, -0.2) is 23.2 Å². The van der Waals surface area contributed by atoms with Crippen molar-refractivity contribution in [3.8, 4) is 10.6 Å². The number of hydrogen-bond acceptors (Lipinski definition) is 4. The Morgan fingerprint density at radius 2 is 1.77 bits per heavy atom. The second-order valence-corrected chi connectivity index (χ2v) is 6.57. The van der Waals surface area contributed by atoms with Gasteiger partial charge in [0.15, 0.2) is 5.78 Å². The van der Waals surface area contributed by atoms with Crippen LogP contribution in [-0.2, 0) is 11.2 Å². The van der Waals surface area contributed by atoms with Crippen LogP contribution in [0, 0.1) is 5.82 Å². The third-order valence-electron chi connectivity index (χ3n) is 3.79. The van der Waals surface area contributed by atoms with Crippen LogP contribution in [0.3, 0.4) is 0 Å². The Hall–Kier alpha value is -2.86. The minimum Gasteiger partial charge on any atom is -0.349 e. The summed E-state index contributed by atoms with van der Waals surface area (Å²) in [5.41, 5.74) is 2.28. The number of aryl methyl sites for hydroxylation is 1. The molecule has 1 amide bonds. The van der Waals surface area contributed by atoms with Gasteiger partial charge in [-0.15, -0.1) is 11.3 Å². The van der Waals surface area contributed by atoms with E-state index in [1.807, 2.05) is 35.7 Å². The maximum atomic E-state index is 12.8. The molecule has 0 bridgehead atoms. The molecule has 0 unspecified atom stereocenters. The Morgan fingerprint density at radius 3 is 2.50 bits per heavy atom. The zero-order chi connectivity index (χ0) is 18.4. The molecule has 1 aromatic heterocycles. The molecule has 26 heavy (non-hydrogen) atoms. The van der Waals surface area contributed by atoms with Gasteiger partial charge in [-0.3, -0.25) is 9.59 Å². The van der Waals surface area contributed by atoms with Crippen molar-refractivity contribution in [3.05, 3.63) is 77.1 Å². The fraction of sp³-hybridized carbons (Fsp3) is 0.150. The molecule has 0 saturated carbocycles. The Kier molecular flexibility index (Phi) is 5.86. The van der Waals surface area contributed by atoms with Gasteiger partial charge in [-0.25, -0.2) is 9.37 Å². The van der Waals surface area contributed by atoms with E-state index in [0.29, 0.717) is 12.0 Å². The minimum atomic E-state index is -0.399. The van der Waals surface area contributed by atoms with Gasteiger partial charge in [-0.2, -0.15) is 0 Å². The first kappa shape index (κ1) is 17.9. The molecule has 0 spiro atoms. The van der Waals surface area contributed by atoms with E-state index in [2.05, 4.69) is 10.3 Å². The molecular formula is C20H17FN2O2S. The van der Waals surface area contributed by atoms with Gasteiger partial charge in [0, 0.05) is 22.9 Å². The Bertz CT molecular complexity index is 892. The highest BCUT2D eigenvalue weighted by atomic mass is 32.1. The lowest BCUT2D eigenvalue weighted by molar-refractivity contribution is -0.120. The molecule has 3 aromatic rings. The van der Waals surface area contributed by atoms with E-state index < -0.39 is 5.82 Å². The summed E-state index contributed by atoms with van der Waals surface area (Å²) in [5, 5.41) is 5.47. The largest absolute Gasteiger partial charge is 0.349 e. The predicted octanol–water partition coefficient (Wildman–Crippen LogP) is 3.88. The summed E-state index contributed by atoms with van der Waals surface area (Å²) in [5.74, 6) is -0.864. The van der Waals surface area contributed by atoms with Gasteiger partial charge in [0.25, 0.3) is 0 Å². The lowest BCUT2D eigenvalue weighted by Gasteiger charge is -2.04. The van der Waals surface area contributed by atoms with Gasteiger partial charge in [-0.1, -0.05) is 30.3 Å². The van der Waals surface area contributed by atoms with Crippen molar-refractivity contribution in [2.45, 2.75) is 12.8 Å². The van der Waals surface area contributed by atoms with Gasteiger partial charge < -0.3 is 5.32 Å². The third kappa shape index (κ3) is 4.83. The number of hydrogen-bond donors (Lipinski definition) is 1.